The van der Waals surface area contributed by atoms with Gasteiger partial charge in [-0.3, -0.25) is 0 Å². The lowest BCUT2D eigenvalue weighted by Crippen LogP contribution is -2.15. The fraction of sp³-hybridized carbons (Fsp3) is 0.571. The third kappa shape index (κ3) is 4.76. The second-order valence-corrected chi connectivity index (χ2v) is 4.55. The van der Waals surface area contributed by atoms with Crippen LogP contribution in [-0.2, 0) is 4.74 Å². The molecule has 0 radical (unpaired) electrons. The number of halogens is 2. The molecular formula is C14H21F2NO2. The third-order valence-corrected chi connectivity index (χ3v) is 2.93. The molecule has 0 saturated heterocycles. The molecule has 0 aromatic heterocycles. The van der Waals surface area contributed by atoms with E-state index in [1.165, 1.54) is 0 Å². The van der Waals surface area contributed by atoms with E-state index < -0.39 is 13.0 Å². The van der Waals surface area contributed by atoms with Crippen molar-refractivity contribution in [2.75, 3.05) is 20.3 Å². The Morgan fingerprint density at radius 2 is 1.79 bits per heavy atom. The molecule has 0 bridgehead atoms. The number of aryl methyl sites for hydroxylation is 2. The number of methoxy groups -OCH3 is 1. The number of hydrogen-bond acceptors (Lipinski definition) is 3. The van der Waals surface area contributed by atoms with Crippen LogP contribution in [0.2, 0.25) is 0 Å². The van der Waals surface area contributed by atoms with Gasteiger partial charge in [0.25, 0.3) is 6.43 Å². The molecule has 0 aliphatic rings. The fourth-order valence-electron chi connectivity index (χ4n) is 2.07. The van der Waals surface area contributed by atoms with Gasteiger partial charge in [0.05, 0.1) is 7.11 Å². The van der Waals surface area contributed by atoms with Crippen LogP contribution < -0.4 is 10.5 Å². The summed E-state index contributed by atoms with van der Waals surface area (Å²) in [5, 5.41) is 0. The quantitative estimate of drug-likeness (QED) is 0.777. The first-order chi connectivity index (χ1) is 8.95. The molecule has 19 heavy (non-hydrogen) atoms. The van der Waals surface area contributed by atoms with Crippen molar-refractivity contribution in [2.24, 2.45) is 5.73 Å². The zero-order chi connectivity index (χ0) is 14.4. The van der Waals surface area contributed by atoms with Crippen LogP contribution in [0.5, 0.6) is 5.75 Å². The summed E-state index contributed by atoms with van der Waals surface area (Å²) in [6.07, 6.45) is -1.92. The number of hydrogen-bond donors (Lipinski definition) is 1. The predicted molar refractivity (Wildman–Crippen MR) is 70.8 cm³/mol. The summed E-state index contributed by atoms with van der Waals surface area (Å²) in [6, 6.07) is 3.70. The molecule has 1 aromatic rings. The Hall–Kier alpha value is -1.20. The Bertz CT molecular complexity index is 387. The van der Waals surface area contributed by atoms with E-state index in [4.69, 9.17) is 15.2 Å². The van der Waals surface area contributed by atoms with Crippen LogP contribution in [-0.4, -0.2) is 26.7 Å². The van der Waals surface area contributed by atoms with Gasteiger partial charge < -0.3 is 15.2 Å². The molecule has 0 heterocycles. The molecule has 2 N–H and O–H groups in total. The average Bonchev–Trinajstić information content (AvgIpc) is 2.33. The zero-order valence-corrected chi connectivity index (χ0v) is 11.6. The summed E-state index contributed by atoms with van der Waals surface area (Å²) in [7, 11) is 1.63. The highest BCUT2D eigenvalue weighted by atomic mass is 19.3. The molecule has 0 aliphatic carbocycles. The maximum absolute atomic E-state index is 11.9. The van der Waals surface area contributed by atoms with Crippen molar-refractivity contribution in [3.63, 3.8) is 0 Å². The van der Waals surface area contributed by atoms with Crippen molar-refractivity contribution in [3.05, 3.63) is 28.8 Å². The first-order valence-electron chi connectivity index (χ1n) is 6.22. The van der Waals surface area contributed by atoms with Gasteiger partial charge in [0.2, 0.25) is 0 Å². The third-order valence-electron chi connectivity index (χ3n) is 2.93. The van der Waals surface area contributed by atoms with Gasteiger partial charge in [0.15, 0.2) is 0 Å². The van der Waals surface area contributed by atoms with Gasteiger partial charge in [0, 0.05) is 12.6 Å². The maximum Gasteiger partial charge on any atom is 0.261 e. The molecule has 3 nitrogen and oxygen atoms in total. The summed E-state index contributed by atoms with van der Waals surface area (Å²) >= 11 is 0. The SMILES string of the molecule is COc1c(C)cc(C(N)CCOCC(F)F)cc1C. The first-order valence-corrected chi connectivity index (χ1v) is 6.22. The molecular weight excluding hydrogens is 252 g/mol. The lowest BCUT2D eigenvalue weighted by molar-refractivity contribution is 0.0152. The van der Waals surface area contributed by atoms with E-state index >= 15 is 0 Å². The highest BCUT2D eigenvalue weighted by Gasteiger charge is 2.11. The summed E-state index contributed by atoms with van der Waals surface area (Å²) in [5.74, 6) is 0.852. The molecule has 1 aromatic carbocycles. The van der Waals surface area contributed by atoms with Gasteiger partial charge in [-0.25, -0.2) is 8.78 Å². The van der Waals surface area contributed by atoms with E-state index in [1.54, 1.807) is 7.11 Å². The molecule has 0 amide bonds. The molecule has 0 spiro atoms. The van der Waals surface area contributed by atoms with Crippen LogP contribution in [0.15, 0.2) is 12.1 Å². The number of nitrogens with two attached hydrogens (primary N) is 1. The monoisotopic (exact) mass is 273 g/mol. The standard InChI is InChI=1S/C14H21F2NO2/c1-9-6-11(7-10(2)14(9)18-3)12(17)4-5-19-8-13(15)16/h6-7,12-13H,4-5,8,17H2,1-3H3. The van der Waals surface area contributed by atoms with E-state index in [9.17, 15) is 8.78 Å². The number of benzene rings is 1. The van der Waals surface area contributed by atoms with Crippen molar-refractivity contribution in [1.82, 2.24) is 0 Å². The number of alkyl halides is 2. The largest absolute Gasteiger partial charge is 0.496 e. The van der Waals surface area contributed by atoms with Gasteiger partial charge in [-0.1, -0.05) is 12.1 Å². The van der Waals surface area contributed by atoms with Gasteiger partial charge >= 0.3 is 0 Å². The molecule has 108 valence electrons. The van der Waals surface area contributed by atoms with Crippen LogP contribution in [0.1, 0.15) is 29.2 Å². The van der Waals surface area contributed by atoms with Crippen LogP contribution in [0.25, 0.3) is 0 Å². The van der Waals surface area contributed by atoms with Gasteiger partial charge in [-0.15, -0.1) is 0 Å². The van der Waals surface area contributed by atoms with Crippen molar-refractivity contribution >= 4 is 0 Å². The molecule has 1 rings (SSSR count). The van der Waals surface area contributed by atoms with E-state index in [-0.39, 0.29) is 12.6 Å². The highest BCUT2D eigenvalue weighted by Crippen LogP contribution is 2.27. The van der Waals surface area contributed by atoms with Crippen molar-refractivity contribution < 1.29 is 18.3 Å². The van der Waals surface area contributed by atoms with Gasteiger partial charge in [-0.2, -0.15) is 0 Å². The van der Waals surface area contributed by atoms with Crippen LogP contribution in [0.4, 0.5) is 8.78 Å². The molecule has 0 saturated carbocycles. The molecule has 5 heteroatoms. The van der Waals surface area contributed by atoms with Crippen molar-refractivity contribution in [1.29, 1.82) is 0 Å². The van der Waals surface area contributed by atoms with E-state index in [0.717, 1.165) is 22.4 Å². The topological polar surface area (TPSA) is 44.5 Å². The van der Waals surface area contributed by atoms with Crippen LogP contribution in [0, 0.1) is 13.8 Å². The summed E-state index contributed by atoms with van der Waals surface area (Å²) in [6.45, 7) is 3.60. The van der Waals surface area contributed by atoms with Crippen LogP contribution in [0.3, 0.4) is 0 Å². The Balaban J connectivity index is 2.60. The molecule has 1 unspecified atom stereocenters. The average molecular weight is 273 g/mol. The second-order valence-electron chi connectivity index (χ2n) is 4.55. The second kappa shape index (κ2) is 7.40. The summed E-state index contributed by atoms with van der Waals surface area (Å²) in [5.41, 5.74) is 9.03. The molecule has 0 aliphatic heterocycles. The summed E-state index contributed by atoms with van der Waals surface area (Å²) in [4.78, 5) is 0. The fourth-order valence-corrected chi connectivity index (χ4v) is 2.07. The minimum absolute atomic E-state index is 0.221. The minimum atomic E-state index is -2.43. The van der Waals surface area contributed by atoms with Crippen LogP contribution >= 0.6 is 0 Å². The molecule has 0 fully saturated rings. The Morgan fingerprint density at radius 3 is 2.26 bits per heavy atom. The van der Waals surface area contributed by atoms with Crippen molar-refractivity contribution in [2.45, 2.75) is 32.7 Å². The molecule has 1 atom stereocenters. The minimum Gasteiger partial charge on any atom is -0.496 e. The zero-order valence-electron chi connectivity index (χ0n) is 11.6. The Morgan fingerprint density at radius 1 is 1.21 bits per heavy atom. The lowest BCUT2D eigenvalue weighted by atomic mass is 9.99. The van der Waals surface area contributed by atoms with Gasteiger partial charge in [-0.05, 0) is 37.0 Å². The normalized spacial score (nSPS) is 12.8. The number of rotatable bonds is 7. The highest BCUT2D eigenvalue weighted by molar-refractivity contribution is 5.44. The first kappa shape index (κ1) is 15.9. The van der Waals surface area contributed by atoms with E-state index in [0.29, 0.717) is 6.42 Å². The van der Waals surface area contributed by atoms with E-state index in [1.807, 2.05) is 26.0 Å². The summed E-state index contributed by atoms with van der Waals surface area (Å²) < 4.78 is 33.9. The van der Waals surface area contributed by atoms with Gasteiger partial charge in [0.1, 0.15) is 12.4 Å². The van der Waals surface area contributed by atoms with Crippen molar-refractivity contribution in [3.8, 4) is 5.75 Å². The number of ether oxygens (including phenoxy) is 2. The Kier molecular flexibility index (Phi) is 6.18. The smallest absolute Gasteiger partial charge is 0.261 e. The Labute approximate surface area is 112 Å². The predicted octanol–water partition coefficient (Wildman–Crippen LogP) is 2.98. The van der Waals surface area contributed by atoms with E-state index in [2.05, 4.69) is 0 Å². The lowest BCUT2D eigenvalue weighted by Gasteiger charge is -2.16. The maximum atomic E-state index is 11.9.